The van der Waals surface area contributed by atoms with Crippen LogP contribution >= 0.6 is 34.5 Å². The summed E-state index contributed by atoms with van der Waals surface area (Å²) in [5.74, 6) is -1.23. The maximum Gasteiger partial charge on any atom is 0.290 e. The molecule has 0 radical (unpaired) electrons. The van der Waals surface area contributed by atoms with Crippen LogP contribution in [0.4, 0.5) is 0 Å². The molecular formula is C21H16Cl2N2O4S. The lowest BCUT2D eigenvalue weighted by atomic mass is 9.95. The quantitative estimate of drug-likeness (QED) is 0.510. The molecule has 1 aliphatic heterocycles. The van der Waals surface area contributed by atoms with E-state index in [4.69, 9.17) is 27.6 Å². The smallest absolute Gasteiger partial charge is 0.290 e. The lowest BCUT2D eigenvalue weighted by molar-refractivity contribution is -0.130. The number of benzene rings is 1. The fourth-order valence-electron chi connectivity index (χ4n) is 3.53. The van der Waals surface area contributed by atoms with Crippen LogP contribution in [0, 0.1) is 13.8 Å². The number of halogens is 2. The Balaban J connectivity index is 1.86. The molecule has 1 atom stereocenters. The first-order valence-corrected chi connectivity index (χ1v) is 10.5. The Morgan fingerprint density at radius 1 is 1.30 bits per heavy atom. The Bertz CT molecular complexity index is 1180. The first-order chi connectivity index (χ1) is 14.3. The summed E-state index contributed by atoms with van der Waals surface area (Å²) in [6.07, 6.45) is 1.49. The van der Waals surface area contributed by atoms with Gasteiger partial charge in [0.25, 0.3) is 5.91 Å². The van der Waals surface area contributed by atoms with Crippen LogP contribution in [-0.4, -0.2) is 26.7 Å². The number of nitrogens with zero attached hydrogens (tertiary/aromatic N) is 2. The topological polar surface area (TPSA) is 83.6 Å². The highest BCUT2D eigenvalue weighted by Gasteiger charge is 2.45. The van der Waals surface area contributed by atoms with E-state index in [-0.39, 0.29) is 17.1 Å². The molecule has 0 bridgehead atoms. The van der Waals surface area contributed by atoms with Crippen molar-refractivity contribution < 1.29 is 19.1 Å². The summed E-state index contributed by atoms with van der Waals surface area (Å²) in [6, 6.07) is 7.31. The number of carbonyl (C=O) groups excluding carboxylic acids is 2. The highest BCUT2D eigenvalue weighted by Crippen LogP contribution is 2.43. The molecule has 3 aromatic rings. The predicted molar refractivity (Wildman–Crippen MR) is 114 cm³/mol. The first-order valence-electron chi connectivity index (χ1n) is 8.98. The van der Waals surface area contributed by atoms with Crippen molar-refractivity contribution in [1.82, 2.24) is 9.88 Å². The van der Waals surface area contributed by atoms with Crippen molar-refractivity contribution >= 4 is 46.2 Å². The Labute approximate surface area is 186 Å². The molecule has 1 amide bonds. The van der Waals surface area contributed by atoms with Gasteiger partial charge in [-0.25, -0.2) is 4.98 Å². The van der Waals surface area contributed by atoms with Crippen LogP contribution in [0.15, 0.2) is 52.3 Å². The number of rotatable bonds is 5. The molecule has 0 saturated heterocycles. The molecule has 4 rings (SSSR count). The van der Waals surface area contributed by atoms with Gasteiger partial charge < -0.3 is 14.4 Å². The summed E-state index contributed by atoms with van der Waals surface area (Å²) >= 11 is 13.7. The van der Waals surface area contributed by atoms with Gasteiger partial charge in [0.15, 0.2) is 5.76 Å². The SMILES string of the molecule is Cc1nc(C)c(C(=O)C2=C(O)C(=O)N(Cc3ccco3)C2c2ccc(Cl)cc2Cl)s1. The van der Waals surface area contributed by atoms with Gasteiger partial charge in [0.2, 0.25) is 5.78 Å². The normalized spacial score (nSPS) is 16.6. The molecular weight excluding hydrogens is 447 g/mol. The summed E-state index contributed by atoms with van der Waals surface area (Å²) in [6.45, 7) is 3.56. The number of furan rings is 1. The molecule has 30 heavy (non-hydrogen) atoms. The van der Waals surface area contributed by atoms with Crippen LogP contribution in [0.3, 0.4) is 0 Å². The fraction of sp³-hybridized carbons (Fsp3) is 0.190. The Morgan fingerprint density at radius 2 is 2.07 bits per heavy atom. The zero-order valence-corrected chi connectivity index (χ0v) is 18.3. The summed E-state index contributed by atoms with van der Waals surface area (Å²) in [4.78, 5) is 32.4. The van der Waals surface area contributed by atoms with Gasteiger partial charge in [-0.3, -0.25) is 9.59 Å². The third-order valence-corrected chi connectivity index (χ3v) is 6.46. The number of aliphatic hydroxyl groups excluding tert-OH is 1. The lowest BCUT2D eigenvalue weighted by Crippen LogP contribution is -2.30. The van der Waals surface area contributed by atoms with Crippen LogP contribution in [0.2, 0.25) is 10.0 Å². The van der Waals surface area contributed by atoms with Crippen LogP contribution in [0.5, 0.6) is 0 Å². The number of hydrogen-bond acceptors (Lipinski definition) is 6. The number of hydrogen-bond donors (Lipinski definition) is 1. The molecule has 0 saturated carbocycles. The van der Waals surface area contributed by atoms with Crippen LogP contribution in [0.25, 0.3) is 0 Å². The lowest BCUT2D eigenvalue weighted by Gasteiger charge is -2.26. The van der Waals surface area contributed by atoms with Gasteiger partial charge in [-0.05, 0) is 43.7 Å². The summed E-state index contributed by atoms with van der Waals surface area (Å²) in [5, 5.41) is 12.1. The second-order valence-corrected chi connectivity index (χ2v) is 8.87. The number of aromatic nitrogens is 1. The van der Waals surface area contributed by atoms with Gasteiger partial charge >= 0.3 is 0 Å². The van der Waals surface area contributed by atoms with Gasteiger partial charge in [0.05, 0.1) is 40.0 Å². The second-order valence-electron chi connectivity index (χ2n) is 6.82. The number of thiazole rings is 1. The zero-order chi connectivity index (χ0) is 21.6. The van der Waals surface area contributed by atoms with Crippen molar-refractivity contribution in [3.05, 3.63) is 84.9 Å². The van der Waals surface area contributed by atoms with E-state index in [1.54, 1.807) is 38.1 Å². The predicted octanol–water partition coefficient (Wildman–Crippen LogP) is 5.44. The van der Waals surface area contributed by atoms with Crippen molar-refractivity contribution in [1.29, 1.82) is 0 Å². The van der Waals surface area contributed by atoms with Crippen molar-refractivity contribution in [2.45, 2.75) is 26.4 Å². The average Bonchev–Trinajstić information content (AvgIpc) is 3.37. The molecule has 1 aromatic carbocycles. The number of ketones is 1. The molecule has 3 heterocycles. The molecule has 2 aromatic heterocycles. The van der Waals surface area contributed by atoms with Crippen LogP contribution < -0.4 is 0 Å². The van der Waals surface area contributed by atoms with Gasteiger partial charge in [-0.15, -0.1) is 11.3 Å². The number of carbonyl (C=O) groups is 2. The van der Waals surface area contributed by atoms with Crippen molar-refractivity contribution in [3.63, 3.8) is 0 Å². The standard InChI is InChI=1S/C21H16Cl2N2O4S/c1-10-20(30-11(2)24-10)18(26)16-17(14-6-5-12(22)8-15(14)23)25(21(28)19(16)27)9-13-4-3-7-29-13/h3-8,17,27H,9H2,1-2H3. The summed E-state index contributed by atoms with van der Waals surface area (Å²) in [7, 11) is 0. The van der Waals surface area contributed by atoms with E-state index in [0.717, 1.165) is 0 Å². The van der Waals surface area contributed by atoms with Gasteiger partial charge in [0.1, 0.15) is 5.76 Å². The Kier molecular flexibility index (Phi) is 5.44. The zero-order valence-electron chi connectivity index (χ0n) is 16.0. The molecule has 0 fully saturated rings. The molecule has 154 valence electrons. The van der Waals surface area contributed by atoms with Crippen molar-refractivity contribution in [2.75, 3.05) is 0 Å². The number of aliphatic hydroxyl groups is 1. The fourth-order valence-corrected chi connectivity index (χ4v) is 4.92. The minimum absolute atomic E-state index is 0.0393. The maximum absolute atomic E-state index is 13.4. The molecule has 1 N–H and O–H groups in total. The van der Waals surface area contributed by atoms with E-state index in [9.17, 15) is 14.7 Å². The second kappa shape index (κ2) is 7.91. The minimum Gasteiger partial charge on any atom is -0.503 e. The molecule has 6 nitrogen and oxygen atoms in total. The van der Waals surface area contributed by atoms with E-state index >= 15 is 0 Å². The maximum atomic E-state index is 13.4. The third kappa shape index (κ3) is 3.53. The van der Waals surface area contributed by atoms with Crippen LogP contribution in [-0.2, 0) is 11.3 Å². The van der Waals surface area contributed by atoms with Crippen molar-refractivity contribution in [3.8, 4) is 0 Å². The molecule has 9 heteroatoms. The van der Waals surface area contributed by atoms with E-state index < -0.39 is 23.5 Å². The molecule has 1 aliphatic rings. The monoisotopic (exact) mass is 462 g/mol. The summed E-state index contributed by atoms with van der Waals surface area (Å²) in [5.41, 5.74) is 0.982. The largest absolute Gasteiger partial charge is 0.503 e. The van der Waals surface area contributed by atoms with Gasteiger partial charge in [-0.1, -0.05) is 29.3 Å². The molecule has 1 unspecified atom stereocenters. The first kappa shape index (κ1) is 20.7. The van der Waals surface area contributed by atoms with E-state index in [0.29, 0.717) is 31.9 Å². The van der Waals surface area contributed by atoms with E-state index in [1.165, 1.54) is 28.6 Å². The summed E-state index contributed by atoms with van der Waals surface area (Å²) < 4.78 is 5.37. The van der Waals surface area contributed by atoms with E-state index in [1.807, 2.05) is 0 Å². The highest BCUT2D eigenvalue weighted by molar-refractivity contribution is 7.14. The third-order valence-electron chi connectivity index (χ3n) is 4.82. The van der Waals surface area contributed by atoms with Gasteiger partial charge in [0, 0.05) is 10.0 Å². The number of aryl methyl sites for hydroxylation is 2. The number of amides is 1. The average molecular weight is 463 g/mol. The van der Waals surface area contributed by atoms with Crippen LogP contribution in [0.1, 0.15) is 37.7 Å². The highest BCUT2D eigenvalue weighted by atomic mass is 35.5. The Hall–Kier alpha value is -2.61. The Morgan fingerprint density at radius 3 is 2.67 bits per heavy atom. The molecule has 0 spiro atoms. The number of Topliss-reactive ketones (excluding diaryl/α,β-unsaturated/α-hetero) is 1. The van der Waals surface area contributed by atoms with E-state index in [2.05, 4.69) is 4.98 Å². The van der Waals surface area contributed by atoms with Gasteiger partial charge in [-0.2, -0.15) is 0 Å². The van der Waals surface area contributed by atoms with Crippen molar-refractivity contribution in [2.24, 2.45) is 0 Å². The molecule has 0 aliphatic carbocycles. The minimum atomic E-state index is -0.901.